The third kappa shape index (κ3) is 17.9. The predicted octanol–water partition coefficient (Wildman–Crippen LogP) is 5.34. The van der Waals surface area contributed by atoms with E-state index in [1.165, 1.54) is 51.8 Å². The van der Waals surface area contributed by atoms with Crippen LogP contribution in [0.2, 0.25) is 0 Å². The smallest absolute Gasteiger partial charge is 0.329 e. The number of rotatable bonds is 14. The van der Waals surface area contributed by atoms with Crippen LogP contribution in [-0.4, -0.2) is 196 Å². The van der Waals surface area contributed by atoms with E-state index in [4.69, 9.17) is 28.4 Å². The molecule has 0 aromatic heterocycles. The molecule has 2 aromatic carbocycles. The molecular formula is C60H90N6O14. The maximum atomic E-state index is 15.0. The summed E-state index contributed by atoms with van der Waals surface area (Å²) < 4.78 is 35.3. The van der Waals surface area contributed by atoms with E-state index in [0.29, 0.717) is 63.7 Å². The highest BCUT2D eigenvalue weighted by atomic mass is 16.6. The molecule has 8 atom stereocenters. The predicted molar refractivity (Wildman–Crippen MR) is 301 cm³/mol. The van der Waals surface area contributed by atoms with Gasteiger partial charge in [-0.1, -0.05) is 79.7 Å². The lowest BCUT2D eigenvalue weighted by Crippen LogP contribution is -2.55. The highest BCUT2D eigenvalue weighted by Gasteiger charge is 2.43. The van der Waals surface area contributed by atoms with Crippen LogP contribution in [0.4, 0.5) is 11.4 Å². The lowest BCUT2D eigenvalue weighted by Gasteiger charge is -2.35. The Kier molecular flexibility index (Phi) is 24.2. The third-order valence-electron chi connectivity index (χ3n) is 14.9. The summed E-state index contributed by atoms with van der Waals surface area (Å²) in [5.41, 5.74) is 3.17. The van der Waals surface area contributed by atoms with Gasteiger partial charge in [0.15, 0.2) is 24.4 Å². The van der Waals surface area contributed by atoms with E-state index in [-0.39, 0.29) is 62.2 Å². The molecule has 0 bridgehead atoms. The Labute approximate surface area is 474 Å². The molecule has 3 aliphatic rings. The number of benzene rings is 2. The summed E-state index contributed by atoms with van der Waals surface area (Å²) in [5, 5.41) is 0. The minimum absolute atomic E-state index is 0.0939. The van der Waals surface area contributed by atoms with E-state index in [1.54, 1.807) is 0 Å². The van der Waals surface area contributed by atoms with Crippen molar-refractivity contribution < 1.29 is 66.8 Å². The first-order valence-electron chi connectivity index (χ1n) is 28.5. The minimum atomic E-state index is -1.51. The fourth-order valence-electron chi connectivity index (χ4n) is 10.2. The van der Waals surface area contributed by atoms with Crippen LogP contribution in [0.1, 0.15) is 106 Å². The number of morpholine rings is 2. The van der Waals surface area contributed by atoms with Crippen LogP contribution in [0.5, 0.6) is 0 Å². The zero-order valence-electron chi connectivity index (χ0n) is 49.8. The zero-order valence-corrected chi connectivity index (χ0v) is 49.8. The molecule has 20 nitrogen and oxygen atoms in total. The van der Waals surface area contributed by atoms with Gasteiger partial charge in [-0.2, -0.15) is 0 Å². The van der Waals surface area contributed by atoms with Gasteiger partial charge in [0.2, 0.25) is 0 Å². The number of esters is 4. The fraction of sp³-hybridized carbons (Fsp3) is 0.667. The maximum Gasteiger partial charge on any atom is 0.329 e. The summed E-state index contributed by atoms with van der Waals surface area (Å²) in [6, 6.07) is 9.92. The summed E-state index contributed by atoms with van der Waals surface area (Å²) in [4.78, 5) is 126. The number of nitrogens with zero attached hydrogens (tertiary/aromatic N) is 6. The second-order valence-corrected chi connectivity index (χ2v) is 23.3. The van der Waals surface area contributed by atoms with E-state index in [2.05, 4.69) is 9.80 Å². The first-order chi connectivity index (χ1) is 37.8. The molecule has 444 valence electrons. The number of carbonyl (C=O) groups is 8. The van der Waals surface area contributed by atoms with Crippen molar-refractivity contribution in [2.24, 2.45) is 23.7 Å². The van der Waals surface area contributed by atoms with Crippen molar-refractivity contribution in [1.82, 2.24) is 19.6 Å². The number of cyclic esters (lactones) is 4. The maximum absolute atomic E-state index is 15.0. The number of hydrogen-bond acceptors (Lipinski definition) is 16. The van der Waals surface area contributed by atoms with Crippen LogP contribution < -0.4 is 9.80 Å². The van der Waals surface area contributed by atoms with Crippen LogP contribution in [0, 0.1) is 23.7 Å². The van der Waals surface area contributed by atoms with E-state index in [0.717, 1.165) is 21.2 Å². The number of anilines is 2. The number of carbonyl (C=O) groups excluding carboxylic acids is 8. The first-order valence-corrected chi connectivity index (χ1v) is 28.5. The summed E-state index contributed by atoms with van der Waals surface area (Å²) in [7, 11) is 5.61. The molecule has 4 amide bonds. The Bertz CT molecular complexity index is 2220. The lowest BCUT2D eigenvalue weighted by molar-refractivity contribution is -0.176. The Balaban J connectivity index is 1.59. The van der Waals surface area contributed by atoms with E-state index in [9.17, 15) is 38.4 Å². The summed E-state index contributed by atoms with van der Waals surface area (Å²) >= 11 is 0. The molecule has 5 rings (SSSR count). The molecule has 80 heavy (non-hydrogen) atoms. The van der Waals surface area contributed by atoms with Gasteiger partial charge in [-0.15, -0.1) is 0 Å². The third-order valence-corrected chi connectivity index (χ3v) is 14.9. The standard InChI is InChI=1S/C60H90N6O14/c1-37(2)31-47-57(71)77-41(9)53(67)61(11)50(34-40(7)8)60(74)80-52(36-44-17-21-46(22-18-44)66-25-29-76-30-26-66)56(70)64(14)48(32-38(3)4)58(72)78-42(10)54(68)62(12)49(33-39(5)6)59(73)79-51(55(69)63(47)13)35-43-15-19-45(20-16-43)65-23-27-75-28-24-65/h15-22,37-42,47-52H,23-36H2,1-14H3/t41-,42?,47?,48+,49+,50+,51-,52-/m1/s1. The molecule has 0 radical (unpaired) electrons. The van der Waals surface area contributed by atoms with Crippen molar-refractivity contribution in [3.8, 4) is 0 Å². The summed E-state index contributed by atoms with van der Waals surface area (Å²) in [6.45, 7) is 22.7. The Hall–Kier alpha value is -6.28. The van der Waals surface area contributed by atoms with Crippen molar-refractivity contribution in [3.63, 3.8) is 0 Å². The monoisotopic (exact) mass is 1120 g/mol. The highest BCUT2D eigenvalue weighted by Crippen LogP contribution is 2.26. The SMILES string of the molecule is CC(C)CC1C(=O)O[C@H](C)C(=O)N(C)[C@@H](CC(C)C)C(=O)O[C@H](Cc2ccc(N3CCOCC3)cc2)C(=O)N(C)[C@@H](CC(C)C)C(=O)OC(C)C(=O)N(C)[C@@H](CC(C)C)C(=O)O[C@H](Cc2ccc(N3CCOCC3)cc2)C(=O)N1C. The molecule has 3 fully saturated rings. The molecule has 0 saturated carbocycles. The van der Waals surface area contributed by atoms with Crippen molar-refractivity contribution in [2.45, 2.75) is 156 Å². The number of ether oxygens (including phenoxy) is 6. The molecular weight excluding hydrogens is 1030 g/mol. The molecule has 3 heterocycles. The molecule has 3 saturated heterocycles. The second-order valence-electron chi connectivity index (χ2n) is 23.3. The molecule has 0 spiro atoms. The van der Waals surface area contributed by atoms with Gasteiger partial charge >= 0.3 is 23.9 Å². The van der Waals surface area contributed by atoms with E-state index in [1.807, 2.05) is 104 Å². The van der Waals surface area contributed by atoms with Crippen molar-refractivity contribution in [1.29, 1.82) is 0 Å². The zero-order chi connectivity index (χ0) is 59.1. The largest absolute Gasteiger partial charge is 0.451 e. The van der Waals surface area contributed by atoms with Crippen LogP contribution in [0.25, 0.3) is 0 Å². The Morgan fingerprint density at radius 1 is 0.388 bits per heavy atom. The van der Waals surface area contributed by atoms with Gasteiger partial charge in [-0.25, -0.2) is 19.2 Å². The highest BCUT2D eigenvalue weighted by molar-refractivity contribution is 5.94. The van der Waals surface area contributed by atoms with Gasteiger partial charge in [-0.3, -0.25) is 19.2 Å². The van der Waals surface area contributed by atoms with E-state index < -0.39 is 96.1 Å². The number of amides is 4. The van der Waals surface area contributed by atoms with Gasteiger partial charge < -0.3 is 57.8 Å². The van der Waals surface area contributed by atoms with Crippen molar-refractivity contribution in [2.75, 3.05) is 90.6 Å². The number of likely N-dealkylation sites (N-methyl/N-ethyl adjacent to an activating group) is 4. The second kappa shape index (κ2) is 30.0. The molecule has 0 aliphatic carbocycles. The summed E-state index contributed by atoms with van der Waals surface area (Å²) in [6.07, 6.45) is -5.82. The van der Waals surface area contributed by atoms with Crippen LogP contribution in [-0.2, 0) is 79.6 Å². The molecule has 20 heteroatoms. The topological polar surface area (TPSA) is 211 Å². The molecule has 2 unspecified atom stereocenters. The van der Waals surface area contributed by atoms with Gasteiger partial charge in [0.05, 0.1) is 26.4 Å². The quantitative estimate of drug-likeness (QED) is 0.173. The minimum Gasteiger partial charge on any atom is -0.451 e. The van der Waals surface area contributed by atoms with Crippen LogP contribution in [0.15, 0.2) is 48.5 Å². The van der Waals surface area contributed by atoms with Gasteiger partial charge in [0.1, 0.15) is 24.2 Å². The van der Waals surface area contributed by atoms with Crippen LogP contribution >= 0.6 is 0 Å². The lowest BCUT2D eigenvalue weighted by atomic mass is 10.00. The van der Waals surface area contributed by atoms with Crippen LogP contribution in [0.3, 0.4) is 0 Å². The average Bonchev–Trinajstić information content (AvgIpc) is 3.44. The van der Waals surface area contributed by atoms with Gasteiger partial charge in [-0.05, 0) is 98.6 Å². The van der Waals surface area contributed by atoms with E-state index >= 15 is 0 Å². The van der Waals surface area contributed by atoms with Gasteiger partial charge in [0, 0.05) is 78.6 Å². The normalized spacial score (nSPS) is 25.6. The summed E-state index contributed by atoms with van der Waals surface area (Å²) in [5.74, 6) is -7.28. The molecule has 3 aliphatic heterocycles. The first kappa shape index (κ1) is 64.5. The van der Waals surface area contributed by atoms with Gasteiger partial charge in [0.25, 0.3) is 23.6 Å². The Morgan fingerprint density at radius 3 is 0.900 bits per heavy atom. The average molecular weight is 1120 g/mol. The molecule has 2 aromatic rings. The molecule has 0 N–H and O–H groups in total. The van der Waals surface area contributed by atoms with Crippen molar-refractivity contribution in [3.05, 3.63) is 59.7 Å². The fourth-order valence-corrected chi connectivity index (χ4v) is 10.2. The number of hydrogen-bond donors (Lipinski definition) is 0. The van der Waals surface area contributed by atoms with Crippen molar-refractivity contribution >= 4 is 58.9 Å². The Morgan fingerprint density at radius 2 is 0.637 bits per heavy atom.